The largest absolute Gasteiger partial charge is 0.481 e. The van der Waals surface area contributed by atoms with Crippen molar-refractivity contribution >= 4 is 21.7 Å². The summed E-state index contributed by atoms with van der Waals surface area (Å²) in [6, 6.07) is 8.75. The molecule has 0 aliphatic heterocycles. The van der Waals surface area contributed by atoms with Crippen LogP contribution in [0.25, 0.3) is 0 Å². The molecule has 2 nitrogen and oxygen atoms in total. The number of ether oxygens (including phenoxy) is 1. The van der Waals surface area contributed by atoms with Crippen molar-refractivity contribution in [1.29, 1.82) is 0 Å². The Morgan fingerprint density at radius 2 is 1.85 bits per heavy atom. The van der Waals surface area contributed by atoms with Crippen molar-refractivity contribution in [2.24, 2.45) is 0 Å². The summed E-state index contributed by atoms with van der Waals surface area (Å²) in [5.74, 6) is -2.02. The summed E-state index contributed by atoms with van der Waals surface area (Å²) in [5, 5.41) is 0. The van der Waals surface area contributed by atoms with Crippen molar-refractivity contribution in [3.63, 3.8) is 0 Å². The molecule has 0 aromatic heterocycles. The molecule has 2 rings (SSSR count). The van der Waals surface area contributed by atoms with Crippen LogP contribution in [0.2, 0.25) is 0 Å². The van der Waals surface area contributed by atoms with Crippen LogP contribution in [0.1, 0.15) is 15.9 Å². The smallest absolute Gasteiger partial charge is 0.200 e. The zero-order valence-electron chi connectivity index (χ0n) is 10.6. The Morgan fingerprint density at radius 3 is 2.45 bits per heavy atom. The normalized spacial score (nSPS) is 10.4. The average molecular weight is 341 g/mol. The van der Waals surface area contributed by atoms with E-state index in [0.717, 1.165) is 11.6 Å². The average Bonchev–Trinajstić information content (AvgIpc) is 2.38. The second-order valence-electron chi connectivity index (χ2n) is 4.28. The third-order valence-electron chi connectivity index (χ3n) is 2.68. The van der Waals surface area contributed by atoms with Crippen molar-refractivity contribution in [3.8, 4) is 5.75 Å². The van der Waals surface area contributed by atoms with Crippen molar-refractivity contribution in [2.45, 2.75) is 6.92 Å². The SMILES string of the molecule is Cc1ccc(C(=O)COc2c(F)cc(F)cc2Br)cc1. The Balaban J connectivity index is 2.09. The van der Waals surface area contributed by atoms with E-state index in [0.29, 0.717) is 11.6 Å². The lowest BCUT2D eigenvalue weighted by atomic mass is 10.1. The van der Waals surface area contributed by atoms with E-state index in [1.54, 1.807) is 12.1 Å². The summed E-state index contributed by atoms with van der Waals surface area (Å²) in [6.07, 6.45) is 0. The zero-order valence-corrected chi connectivity index (χ0v) is 12.2. The van der Waals surface area contributed by atoms with Gasteiger partial charge in [0.1, 0.15) is 5.82 Å². The number of hydrogen-bond donors (Lipinski definition) is 0. The summed E-state index contributed by atoms with van der Waals surface area (Å²) < 4.78 is 31.7. The van der Waals surface area contributed by atoms with Gasteiger partial charge in [0.2, 0.25) is 0 Å². The topological polar surface area (TPSA) is 26.3 Å². The third-order valence-corrected chi connectivity index (χ3v) is 3.27. The highest BCUT2D eigenvalue weighted by atomic mass is 79.9. The van der Waals surface area contributed by atoms with Gasteiger partial charge >= 0.3 is 0 Å². The first-order valence-corrected chi connectivity index (χ1v) is 6.64. The summed E-state index contributed by atoms with van der Waals surface area (Å²) in [7, 11) is 0. The fourth-order valence-electron chi connectivity index (χ4n) is 1.63. The van der Waals surface area contributed by atoms with Crippen molar-refractivity contribution in [3.05, 3.63) is 63.6 Å². The number of hydrogen-bond acceptors (Lipinski definition) is 2. The van der Waals surface area contributed by atoms with Gasteiger partial charge in [0.25, 0.3) is 0 Å². The van der Waals surface area contributed by atoms with Gasteiger partial charge in [-0.15, -0.1) is 0 Å². The predicted octanol–water partition coefficient (Wildman–Crippen LogP) is 4.30. The van der Waals surface area contributed by atoms with Crippen molar-refractivity contribution in [1.82, 2.24) is 0 Å². The number of ketones is 1. The predicted molar refractivity (Wildman–Crippen MR) is 75.1 cm³/mol. The molecule has 0 bridgehead atoms. The lowest BCUT2D eigenvalue weighted by Crippen LogP contribution is -2.12. The minimum atomic E-state index is -0.853. The maximum Gasteiger partial charge on any atom is 0.200 e. The van der Waals surface area contributed by atoms with E-state index in [-0.39, 0.29) is 22.6 Å². The standard InChI is InChI=1S/C15H11BrF2O2/c1-9-2-4-10(5-3-9)14(19)8-20-15-12(16)6-11(17)7-13(15)18/h2-7H,8H2,1H3. The highest BCUT2D eigenvalue weighted by Crippen LogP contribution is 2.29. The lowest BCUT2D eigenvalue weighted by Gasteiger charge is -2.09. The Kier molecular flexibility index (Phi) is 4.49. The number of Topliss-reactive ketones (excluding diaryl/α,β-unsaturated/α-hetero) is 1. The molecule has 2 aromatic carbocycles. The van der Waals surface area contributed by atoms with Gasteiger partial charge in [-0.25, -0.2) is 8.78 Å². The fraction of sp³-hybridized carbons (Fsp3) is 0.133. The monoisotopic (exact) mass is 340 g/mol. The van der Waals surface area contributed by atoms with E-state index >= 15 is 0 Å². The van der Waals surface area contributed by atoms with Gasteiger partial charge in [-0.3, -0.25) is 4.79 Å². The Bertz CT molecular complexity index is 616. The molecule has 0 aliphatic rings. The molecular formula is C15H11BrF2O2. The van der Waals surface area contributed by atoms with Gasteiger partial charge < -0.3 is 4.74 Å². The molecule has 0 amide bonds. The Hall–Kier alpha value is -1.75. The second-order valence-corrected chi connectivity index (χ2v) is 5.13. The van der Waals surface area contributed by atoms with E-state index in [1.807, 2.05) is 19.1 Å². The quantitative estimate of drug-likeness (QED) is 0.775. The maximum absolute atomic E-state index is 13.5. The Morgan fingerprint density at radius 1 is 1.20 bits per heavy atom. The summed E-state index contributed by atoms with van der Waals surface area (Å²) >= 11 is 3.00. The second kappa shape index (κ2) is 6.13. The van der Waals surface area contributed by atoms with Gasteiger partial charge in [0.05, 0.1) is 4.47 Å². The first-order valence-electron chi connectivity index (χ1n) is 5.84. The van der Waals surface area contributed by atoms with Crippen LogP contribution in [-0.4, -0.2) is 12.4 Å². The first-order chi connectivity index (χ1) is 9.47. The number of carbonyl (C=O) groups excluding carboxylic acids is 1. The maximum atomic E-state index is 13.5. The van der Waals surface area contributed by atoms with Crippen LogP contribution >= 0.6 is 15.9 Å². The molecule has 0 unspecified atom stereocenters. The number of benzene rings is 2. The molecule has 0 heterocycles. The van der Waals surface area contributed by atoms with Crippen LogP contribution < -0.4 is 4.74 Å². The molecule has 20 heavy (non-hydrogen) atoms. The highest BCUT2D eigenvalue weighted by molar-refractivity contribution is 9.10. The summed E-state index contributed by atoms with van der Waals surface area (Å²) in [4.78, 5) is 11.9. The van der Waals surface area contributed by atoms with Gasteiger partial charge in [0, 0.05) is 11.6 Å². The van der Waals surface area contributed by atoms with Crippen LogP contribution in [0.5, 0.6) is 5.75 Å². The molecule has 0 radical (unpaired) electrons. The van der Waals surface area contributed by atoms with E-state index in [4.69, 9.17) is 4.74 Å². The van der Waals surface area contributed by atoms with Crippen LogP contribution in [0.4, 0.5) is 8.78 Å². The highest BCUT2D eigenvalue weighted by Gasteiger charge is 2.13. The Labute approximate surface area is 123 Å². The minimum absolute atomic E-state index is 0.131. The number of rotatable bonds is 4. The number of halogens is 3. The van der Waals surface area contributed by atoms with Crippen LogP contribution in [0.3, 0.4) is 0 Å². The van der Waals surface area contributed by atoms with Gasteiger partial charge in [0.15, 0.2) is 24.0 Å². The molecule has 0 aliphatic carbocycles. The minimum Gasteiger partial charge on any atom is -0.481 e. The summed E-state index contributed by atoms with van der Waals surface area (Å²) in [6.45, 7) is 1.60. The fourth-order valence-corrected chi connectivity index (χ4v) is 2.15. The van der Waals surface area contributed by atoms with Crippen molar-refractivity contribution < 1.29 is 18.3 Å². The third kappa shape index (κ3) is 3.42. The molecule has 0 saturated heterocycles. The molecule has 0 spiro atoms. The summed E-state index contributed by atoms with van der Waals surface area (Å²) in [5.41, 5.74) is 1.52. The van der Waals surface area contributed by atoms with Gasteiger partial charge in [-0.2, -0.15) is 0 Å². The van der Waals surface area contributed by atoms with Crippen LogP contribution in [0.15, 0.2) is 40.9 Å². The van der Waals surface area contributed by atoms with Gasteiger partial charge in [-0.05, 0) is 28.9 Å². The molecule has 0 atom stereocenters. The van der Waals surface area contributed by atoms with Crippen LogP contribution in [0, 0.1) is 18.6 Å². The molecule has 104 valence electrons. The lowest BCUT2D eigenvalue weighted by molar-refractivity contribution is 0.0918. The molecule has 5 heteroatoms. The van der Waals surface area contributed by atoms with E-state index in [2.05, 4.69) is 15.9 Å². The zero-order chi connectivity index (χ0) is 14.7. The molecular weight excluding hydrogens is 330 g/mol. The van der Waals surface area contributed by atoms with E-state index in [1.165, 1.54) is 0 Å². The number of aryl methyl sites for hydroxylation is 1. The van der Waals surface area contributed by atoms with Gasteiger partial charge in [-0.1, -0.05) is 29.8 Å². The molecule has 0 N–H and O–H groups in total. The van der Waals surface area contributed by atoms with E-state index in [9.17, 15) is 13.6 Å². The molecule has 0 saturated carbocycles. The molecule has 2 aromatic rings. The van der Waals surface area contributed by atoms with Crippen LogP contribution in [-0.2, 0) is 0 Å². The molecule has 0 fully saturated rings. The van der Waals surface area contributed by atoms with Crippen molar-refractivity contribution in [2.75, 3.05) is 6.61 Å². The number of carbonyl (C=O) groups is 1. The van der Waals surface area contributed by atoms with E-state index < -0.39 is 11.6 Å². The first kappa shape index (κ1) is 14.7.